The van der Waals surface area contributed by atoms with Gasteiger partial charge in [0.25, 0.3) is 11.6 Å². The lowest BCUT2D eigenvalue weighted by molar-refractivity contribution is -0.210. The van der Waals surface area contributed by atoms with Crippen LogP contribution in [0.3, 0.4) is 0 Å². The molecule has 3 aliphatic heterocycles. The molecule has 29 heavy (non-hydrogen) atoms. The second kappa shape index (κ2) is 5.93. The van der Waals surface area contributed by atoms with Gasteiger partial charge in [-0.3, -0.25) is 9.59 Å². The first-order valence-electron chi connectivity index (χ1n) is 9.98. The summed E-state index contributed by atoms with van der Waals surface area (Å²) < 4.78 is 5.52. The van der Waals surface area contributed by atoms with E-state index in [1.807, 2.05) is 30.3 Å². The Morgan fingerprint density at radius 1 is 1.24 bits per heavy atom. The van der Waals surface area contributed by atoms with Gasteiger partial charge in [-0.05, 0) is 18.1 Å². The zero-order valence-electron chi connectivity index (χ0n) is 16.8. The number of aliphatic hydroxyl groups is 1. The number of nitrogens with one attached hydrogen (secondary N) is 1. The Kier molecular flexibility index (Phi) is 3.76. The fourth-order valence-electron chi connectivity index (χ4n) is 5.15. The number of hydrogen-bond acceptors (Lipinski definition) is 4. The van der Waals surface area contributed by atoms with Crippen LogP contribution < -0.4 is 0 Å². The normalized spacial score (nSPS) is 30.8. The Bertz CT molecular complexity index is 1060. The fourth-order valence-corrected chi connectivity index (χ4v) is 5.15. The highest BCUT2D eigenvalue weighted by Crippen LogP contribution is 2.42. The van der Waals surface area contributed by atoms with Crippen LogP contribution in [0.25, 0.3) is 10.9 Å². The molecule has 7 heteroatoms. The smallest absolute Gasteiger partial charge is 0.283 e. The van der Waals surface area contributed by atoms with Gasteiger partial charge >= 0.3 is 0 Å². The highest BCUT2D eigenvalue weighted by atomic mass is 16.5. The predicted molar refractivity (Wildman–Crippen MR) is 107 cm³/mol. The van der Waals surface area contributed by atoms with Gasteiger partial charge in [0.05, 0.1) is 0 Å². The number of methoxy groups -OCH3 is 1. The third-order valence-corrected chi connectivity index (χ3v) is 6.73. The summed E-state index contributed by atoms with van der Waals surface area (Å²) >= 11 is 0. The average Bonchev–Trinajstić information content (AvgIpc) is 3.24. The number of piperazine rings is 1. The summed E-state index contributed by atoms with van der Waals surface area (Å²) in [7, 11) is 1.38. The van der Waals surface area contributed by atoms with E-state index < -0.39 is 17.9 Å². The van der Waals surface area contributed by atoms with Crippen LogP contribution in [0.15, 0.2) is 36.5 Å². The summed E-state index contributed by atoms with van der Waals surface area (Å²) in [6, 6.07) is 7.37. The van der Waals surface area contributed by atoms with E-state index in [-0.39, 0.29) is 17.2 Å². The molecule has 5 rings (SSSR count). The van der Waals surface area contributed by atoms with Crippen molar-refractivity contribution in [3.63, 3.8) is 0 Å². The number of allylic oxidation sites excluding steroid dienone is 1. The average molecular weight is 395 g/mol. The standard InChI is InChI=1S/C22H25N3O4/c1-21(2)9-11-24-16(12-14-13-6-4-5-7-15(13)23-18(14)21)19(27)25-10-8-17(26)22(25,29-3)20(24)28/h4-7,9,11,16-17,23,26H,8,10,12H2,1-3H3/t16-,17+,22-/m0/s1. The predicted octanol–water partition coefficient (Wildman–Crippen LogP) is 1.66. The van der Waals surface area contributed by atoms with Gasteiger partial charge in [0.1, 0.15) is 12.1 Å². The lowest BCUT2D eigenvalue weighted by Crippen LogP contribution is -2.72. The summed E-state index contributed by atoms with van der Waals surface area (Å²) in [5.74, 6) is -0.575. The minimum atomic E-state index is -1.63. The number of hydrogen-bond donors (Lipinski definition) is 2. The number of amides is 2. The van der Waals surface area contributed by atoms with Gasteiger partial charge in [0.15, 0.2) is 0 Å². The summed E-state index contributed by atoms with van der Waals surface area (Å²) in [5, 5.41) is 11.6. The van der Waals surface area contributed by atoms with Gasteiger partial charge in [0, 0.05) is 48.3 Å². The van der Waals surface area contributed by atoms with Crippen LogP contribution in [-0.4, -0.2) is 63.2 Å². The Balaban J connectivity index is 1.69. The number of para-hydroxylation sites is 1. The summed E-state index contributed by atoms with van der Waals surface area (Å²) in [4.78, 5) is 33.4. The molecule has 0 unspecified atom stereocenters. The molecule has 2 amide bonds. The second-order valence-corrected chi connectivity index (χ2v) is 8.69. The Labute approximate surface area is 168 Å². The van der Waals surface area contributed by atoms with Crippen molar-refractivity contribution in [2.45, 2.75) is 50.0 Å². The molecule has 0 saturated carbocycles. The molecule has 0 spiro atoms. The number of aromatic amines is 1. The SMILES string of the molecule is CO[C@@]12C(=O)N3C=CC(C)(C)c4[nH]c5ccccc5c4C[C@H]3C(=O)N1CC[C@H]2O. The maximum absolute atomic E-state index is 13.5. The Hall–Kier alpha value is -2.64. The van der Waals surface area contributed by atoms with Crippen LogP contribution in [0.2, 0.25) is 0 Å². The highest BCUT2D eigenvalue weighted by molar-refractivity contribution is 6.01. The van der Waals surface area contributed by atoms with Crippen LogP contribution >= 0.6 is 0 Å². The first kappa shape index (κ1) is 18.4. The van der Waals surface area contributed by atoms with Crippen LogP contribution in [0.4, 0.5) is 0 Å². The zero-order chi connectivity index (χ0) is 20.6. The molecule has 2 N–H and O–H groups in total. The van der Waals surface area contributed by atoms with E-state index >= 15 is 0 Å². The lowest BCUT2D eigenvalue weighted by Gasteiger charge is -2.48. The van der Waals surface area contributed by atoms with Gasteiger partial charge in [-0.1, -0.05) is 38.1 Å². The van der Waals surface area contributed by atoms with Crippen LogP contribution in [0, 0.1) is 0 Å². The first-order valence-corrected chi connectivity index (χ1v) is 9.98. The monoisotopic (exact) mass is 395 g/mol. The van der Waals surface area contributed by atoms with Gasteiger partial charge < -0.3 is 24.6 Å². The van der Waals surface area contributed by atoms with E-state index in [9.17, 15) is 14.7 Å². The molecule has 7 nitrogen and oxygen atoms in total. The zero-order valence-corrected chi connectivity index (χ0v) is 16.8. The lowest BCUT2D eigenvalue weighted by atomic mass is 9.82. The van der Waals surface area contributed by atoms with Crippen molar-refractivity contribution < 1.29 is 19.4 Å². The van der Waals surface area contributed by atoms with E-state index in [2.05, 4.69) is 18.8 Å². The first-order chi connectivity index (χ1) is 13.8. The molecule has 152 valence electrons. The molecule has 1 aromatic carbocycles. The minimum Gasteiger partial charge on any atom is -0.387 e. The number of nitrogens with zero attached hydrogens (tertiary/aromatic N) is 2. The fraction of sp³-hybridized carbons (Fsp3) is 0.455. The van der Waals surface area contributed by atoms with Crippen molar-refractivity contribution in [1.29, 1.82) is 0 Å². The molecule has 3 aliphatic rings. The van der Waals surface area contributed by atoms with Crippen molar-refractivity contribution in [3.05, 3.63) is 47.8 Å². The molecule has 2 aromatic rings. The minimum absolute atomic E-state index is 0.191. The largest absolute Gasteiger partial charge is 0.387 e. The van der Waals surface area contributed by atoms with E-state index in [1.165, 1.54) is 16.9 Å². The quantitative estimate of drug-likeness (QED) is 0.769. The third kappa shape index (κ3) is 2.25. The van der Waals surface area contributed by atoms with E-state index in [1.54, 1.807) is 6.20 Å². The number of benzene rings is 1. The number of fused-ring (bicyclic) bond motifs is 5. The third-order valence-electron chi connectivity index (χ3n) is 6.73. The summed E-state index contributed by atoms with van der Waals surface area (Å²) in [5.41, 5.74) is 1.12. The Morgan fingerprint density at radius 2 is 2.00 bits per heavy atom. The van der Waals surface area contributed by atoms with Crippen molar-refractivity contribution in [1.82, 2.24) is 14.8 Å². The Morgan fingerprint density at radius 3 is 2.76 bits per heavy atom. The molecule has 2 fully saturated rings. The van der Waals surface area contributed by atoms with Crippen LogP contribution in [-0.2, 0) is 26.2 Å². The van der Waals surface area contributed by atoms with E-state index in [4.69, 9.17) is 4.74 Å². The second-order valence-electron chi connectivity index (χ2n) is 8.69. The molecule has 0 aliphatic carbocycles. The van der Waals surface area contributed by atoms with E-state index in [0.717, 1.165) is 22.2 Å². The van der Waals surface area contributed by atoms with Crippen molar-refractivity contribution in [2.24, 2.45) is 0 Å². The van der Waals surface area contributed by atoms with Crippen molar-refractivity contribution in [2.75, 3.05) is 13.7 Å². The molecular weight excluding hydrogens is 370 g/mol. The van der Waals surface area contributed by atoms with E-state index in [0.29, 0.717) is 19.4 Å². The summed E-state index contributed by atoms with van der Waals surface area (Å²) in [6.07, 6.45) is 3.32. The molecule has 3 atom stereocenters. The maximum Gasteiger partial charge on any atom is 0.283 e. The molecular formula is C22H25N3O4. The topological polar surface area (TPSA) is 85.9 Å². The van der Waals surface area contributed by atoms with Gasteiger partial charge in [-0.25, -0.2) is 0 Å². The summed E-state index contributed by atoms with van der Waals surface area (Å²) in [6.45, 7) is 4.47. The van der Waals surface area contributed by atoms with Gasteiger partial charge in [0.2, 0.25) is 5.91 Å². The number of rotatable bonds is 1. The number of aliphatic hydroxyl groups excluding tert-OH is 1. The van der Waals surface area contributed by atoms with Crippen LogP contribution in [0.5, 0.6) is 0 Å². The number of H-pyrrole nitrogens is 1. The van der Waals surface area contributed by atoms with Crippen molar-refractivity contribution >= 4 is 22.7 Å². The van der Waals surface area contributed by atoms with Gasteiger partial charge in [-0.2, -0.15) is 0 Å². The maximum atomic E-state index is 13.5. The number of aromatic nitrogens is 1. The number of carbonyl (C=O) groups is 2. The van der Waals surface area contributed by atoms with Crippen molar-refractivity contribution in [3.8, 4) is 0 Å². The molecule has 4 heterocycles. The van der Waals surface area contributed by atoms with Gasteiger partial charge in [-0.15, -0.1) is 0 Å². The van der Waals surface area contributed by atoms with Crippen LogP contribution in [0.1, 0.15) is 31.5 Å². The molecule has 0 bridgehead atoms. The molecule has 1 aromatic heterocycles. The molecule has 0 radical (unpaired) electrons. The number of carbonyl (C=O) groups excluding carboxylic acids is 2. The number of ether oxygens (including phenoxy) is 1. The highest BCUT2D eigenvalue weighted by Gasteiger charge is 2.63. The molecule has 2 saturated heterocycles.